The first kappa shape index (κ1) is 17.8. The van der Waals surface area contributed by atoms with E-state index in [1.165, 1.54) is 0 Å². The van der Waals surface area contributed by atoms with E-state index < -0.39 is 6.09 Å². The van der Waals surface area contributed by atoms with E-state index in [2.05, 4.69) is 14.9 Å². The zero-order valence-electron chi connectivity index (χ0n) is 14.9. The van der Waals surface area contributed by atoms with Crippen molar-refractivity contribution in [1.82, 2.24) is 14.9 Å². The summed E-state index contributed by atoms with van der Waals surface area (Å²) in [5, 5.41) is 0. The molecule has 0 radical (unpaired) electrons. The summed E-state index contributed by atoms with van der Waals surface area (Å²) in [7, 11) is 4.09. The largest absolute Gasteiger partial charge is 0.494 e. The number of hydrogen-bond donors (Lipinski definition) is 2. The van der Waals surface area contributed by atoms with E-state index in [0.717, 1.165) is 41.1 Å². The van der Waals surface area contributed by atoms with Gasteiger partial charge in [0.25, 0.3) is 0 Å². The van der Waals surface area contributed by atoms with E-state index in [4.69, 9.17) is 15.2 Å². The van der Waals surface area contributed by atoms with Crippen LogP contribution in [0.15, 0.2) is 42.5 Å². The fourth-order valence-corrected chi connectivity index (χ4v) is 2.61. The SMILES string of the molecule is CN(C)CCCOc1cccc(-c2nc3ccc(OC(N)=O)cc3[nH]2)c1. The van der Waals surface area contributed by atoms with Gasteiger partial charge in [0.15, 0.2) is 0 Å². The summed E-state index contributed by atoms with van der Waals surface area (Å²) < 4.78 is 10.7. The van der Waals surface area contributed by atoms with Gasteiger partial charge in [-0.1, -0.05) is 12.1 Å². The molecular weight excluding hydrogens is 332 g/mol. The molecule has 0 spiro atoms. The highest BCUT2D eigenvalue weighted by atomic mass is 16.5. The topological polar surface area (TPSA) is 93.5 Å². The van der Waals surface area contributed by atoms with Crippen LogP contribution in [-0.2, 0) is 0 Å². The third-order valence-electron chi connectivity index (χ3n) is 3.80. The number of rotatable bonds is 7. The molecule has 0 bridgehead atoms. The van der Waals surface area contributed by atoms with Crippen molar-refractivity contribution < 1.29 is 14.3 Å². The highest BCUT2D eigenvalue weighted by Gasteiger charge is 2.08. The van der Waals surface area contributed by atoms with Gasteiger partial charge in [0.1, 0.15) is 17.3 Å². The van der Waals surface area contributed by atoms with Crippen LogP contribution in [0.2, 0.25) is 0 Å². The van der Waals surface area contributed by atoms with Gasteiger partial charge in [0.2, 0.25) is 0 Å². The molecule has 1 heterocycles. The number of nitrogens with zero attached hydrogens (tertiary/aromatic N) is 2. The number of ether oxygens (including phenoxy) is 2. The number of hydrogen-bond acceptors (Lipinski definition) is 5. The third-order valence-corrected chi connectivity index (χ3v) is 3.80. The van der Waals surface area contributed by atoms with Crippen LogP contribution in [0, 0.1) is 0 Å². The van der Waals surface area contributed by atoms with Crippen LogP contribution in [0.3, 0.4) is 0 Å². The number of primary amides is 1. The molecule has 136 valence electrons. The lowest BCUT2D eigenvalue weighted by Crippen LogP contribution is -2.16. The molecule has 1 amide bonds. The first-order valence-electron chi connectivity index (χ1n) is 8.36. The van der Waals surface area contributed by atoms with Crippen LogP contribution in [0.5, 0.6) is 11.5 Å². The van der Waals surface area contributed by atoms with Crippen LogP contribution >= 0.6 is 0 Å². The number of fused-ring (bicyclic) bond motifs is 1. The molecule has 7 nitrogen and oxygen atoms in total. The maximum atomic E-state index is 10.9. The van der Waals surface area contributed by atoms with Gasteiger partial charge in [0, 0.05) is 18.2 Å². The number of nitrogens with one attached hydrogen (secondary N) is 1. The first-order valence-corrected chi connectivity index (χ1v) is 8.36. The molecule has 3 rings (SSSR count). The molecule has 0 saturated carbocycles. The smallest absolute Gasteiger partial charge is 0.409 e. The molecule has 1 aromatic heterocycles. The number of H-pyrrole nitrogens is 1. The van der Waals surface area contributed by atoms with Gasteiger partial charge in [-0.25, -0.2) is 9.78 Å². The lowest BCUT2D eigenvalue weighted by molar-refractivity contribution is 0.211. The summed E-state index contributed by atoms with van der Waals surface area (Å²) >= 11 is 0. The average molecular weight is 354 g/mol. The minimum atomic E-state index is -0.844. The number of carbonyl (C=O) groups excluding carboxylic acids is 1. The Kier molecular flexibility index (Phi) is 5.38. The third kappa shape index (κ3) is 4.52. The van der Waals surface area contributed by atoms with Crippen LogP contribution in [0.1, 0.15) is 6.42 Å². The lowest BCUT2D eigenvalue weighted by atomic mass is 10.2. The second-order valence-corrected chi connectivity index (χ2v) is 6.22. The summed E-state index contributed by atoms with van der Waals surface area (Å²) in [4.78, 5) is 20.8. The number of aromatic nitrogens is 2. The maximum Gasteiger partial charge on any atom is 0.409 e. The van der Waals surface area contributed by atoms with Crippen molar-refractivity contribution in [3.8, 4) is 22.9 Å². The number of imidazole rings is 1. The summed E-state index contributed by atoms with van der Waals surface area (Å²) in [6, 6.07) is 12.9. The van der Waals surface area contributed by atoms with Crippen LogP contribution in [0.4, 0.5) is 4.79 Å². The standard InChI is InChI=1S/C19H22N4O3/c1-23(2)9-4-10-25-14-6-3-5-13(11-14)18-21-16-8-7-15(26-19(20)24)12-17(16)22-18/h3,5-8,11-12H,4,9-10H2,1-2H3,(H2,20,24)(H,21,22). The molecule has 0 aliphatic carbocycles. The Morgan fingerprint density at radius 1 is 1.19 bits per heavy atom. The minimum Gasteiger partial charge on any atom is -0.494 e. The van der Waals surface area contributed by atoms with Crippen molar-refractivity contribution in [2.75, 3.05) is 27.2 Å². The van der Waals surface area contributed by atoms with Gasteiger partial charge >= 0.3 is 6.09 Å². The number of benzene rings is 2. The van der Waals surface area contributed by atoms with Crippen molar-refractivity contribution >= 4 is 17.1 Å². The van der Waals surface area contributed by atoms with Crippen molar-refractivity contribution in [3.05, 3.63) is 42.5 Å². The molecule has 3 aromatic rings. The molecule has 7 heteroatoms. The zero-order valence-corrected chi connectivity index (χ0v) is 14.9. The lowest BCUT2D eigenvalue weighted by Gasteiger charge is -2.10. The molecule has 0 aliphatic rings. The normalized spacial score (nSPS) is 11.0. The molecule has 26 heavy (non-hydrogen) atoms. The maximum absolute atomic E-state index is 10.9. The van der Waals surface area contributed by atoms with E-state index in [1.807, 2.05) is 38.4 Å². The minimum absolute atomic E-state index is 0.373. The van der Waals surface area contributed by atoms with Gasteiger partial charge in [-0.3, -0.25) is 0 Å². The molecule has 2 aromatic carbocycles. The molecule has 3 N–H and O–H groups in total. The van der Waals surface area contributed by atoms with Crippen LogP contribution in [0.25, 0.3) is 22.4 Å². The van der Waals surface area contributed by atoms with Crippen molar-refractivity contribution in [2.45, 2.75) is 6.42 Å². The molecule has 0 aliphatic heterocycles. The highest BCUT2D eigenvalue weighted by molar-refractivity contribution is 5.81. The van der Waals surface area contributed by atoms with Crippen LogP contribution < -0.4 is 15.2 Å². The fourth-order valence-electron chi connectivity index (χ4n) is 2.61. The predicted octanol–water partition coefficient (Wildman–Crippen LogP) is 3.02. The second kappa shape index (κ2) is 7.88. The average Bonchev–Trinajstić information content (AvgIpc) is 3.02. The van der Waals surface area contributed by atoms with E-state index in [-0.39, 0.29) is 0 Å². The molecule has 0 atom stereocenters. The Balaban J connectivity index is 1.76. The van der Waals surface area contributed by atoms with E-state index in [0.29, 0.717) is 12.4 Å². The van der Waals surface area contributed by atoms with Crippen LogP contribution in [-0.4, -0.2) is 48.2 Å². The number of carbonyl (C=O) groups is 1. The van der Waals surface area contributed by atoms with E-state index >= 15 is 0 Å². The quantitative estimate of drug-likeness (QED) is 0.636. The number of nitrogens with two attached hydrogens (primary N) is 1. The Hall–Kier alpha value is -3.06. The molecule has 0 fully saturated rings. The first-order chi connectivity index (χ1) is 12.5. The Labute approximate surface area is 151 Å². The van der Waals surface area contributed by atoms with E-state index in [1.54, 1.807) is 18.2 Å². The Bertz CT molecular complexity index is 905. The molecule has 0 unspecified atom stereocenters. The second-order valence-electron chi connectivity index (χ2n) is 6.22. The van der Waals surface area contributed by atoms with Gasteiger partial charge in [-0.05, 0) is 44.8 Å². The van der Waals surface area contributed by atoms with Gasteiger partial charge in [-0.15, -0.1) is 0 Å². The fraction of sp³-hybridized carbons (Fsp3) is 0.263. The summed E-state index contributed by atoms with van der Waals surface area (Å²) in [6.45, 7) is 1.65. The number of amides is 1. The predicted molar refractivity (Wildman–Crippen MR) is 100 cm³/mol. The highest BCUT2D eigenvalue weighted by Crippen LogP contribution is 2.26. The zero-order chi connectivity index (χ0) is 18.5. The summed E-state index contributed by atoms with van der Waals surface area (Å²) in [5.41, 5.74) is 7.50. The van der Waals surface area contributed by atoms with Crippen molar-refractivity contribution in [2.24, 2.45) is 5.73 Å². The van der Waals surface area contributed by atoms with Crippen molar-refractivity contribution in [1.29, 1.82) is 0 Å². The Morgan fingerprint density at radius 2 is 2.04 bits per heavy atom. The van der Waals surface area contributed by atoms with Gasteiger partial charge < -0.3 is 25.1 Å². The van der Waals surface area contributed by atoms with Crippen molar-refractivity contribution in [3.63, 3.8) is 0 Å². The van der Waals surface area contributed by atoms with E-state index in [9.17, 15) is 4.79 Å². The Morgan fingerprint density at radius 3 is 2.81 bits per heavy atom. The number of aromatic amines is 1. The summed E-state index contributed by atoms with van der Waals surface area (Å²) in [5.74, 6) is 1.90. The molecule has 0 saturated heterocycles. The monoisotopic (exact) mass is 354 g/mol. The van der Waals surface area contributed by atoms with Gasteiger partial charge in [-0.2, -0.15) is 0 Å². The molecular formula is C19H22N4O3. The van der Waals surface area contributed by atoms with Gasteiger partial charge in [0.05, 0.1) is 17.6 Å². The summed E-state index contributed by atoms with van der Waals surface area (Å²) in [6.07, 6.45) is 0.119.